The fourth-order valence-corrected chi connectivity index (χ4v) is 2.37. The molecule has 0 aliphatic carbocycles. The lowest BCUT2D eigenvalue weighted by Gasteiger charge is -2.34. The number of benzene rings is 1. The maximum Gasteiger partial charge on any atom is 0.391 e. The van der Waals surface area contributed by atoms with Gasteiger partial charge in [-0.1, -0.05) is 0 Å². The number of halogens is 3. The van der Waals surface area contributed by atoms with Crippen molar-refractivity contribution in [2.45, 2.75) is 19.0 Å². The molecule has 1 aliphatic rings. The number of nitrogens with zero attached hydrogens (tertiary/aromatic N) is 2. The highest BCUT2D eigenvalue weighted by Crippen LogP contribution is 2.36. The van der Waals surface area contributed by atoms with Crippen LogP contribution >= 0.6 is 0 Å². The fraction of sp³-hybridized carbons (Fsp3) is 0.500. The molecule has 1 aromatic carbocycles. The molecule has 1 heterocycles. The van der Waals surface area contributed by atoms with Crippen LogP contribution < -0.4 is 10.6 Å². The predicted molar refractivity (Wildman–Crippen MR) is 68.5 cm³/mol. The molecule has 0 unspecified atom stereocenters. The first-order chi connectivity index (χ1) is 9.29. The molecular weight excluding hydrogens is 275 g/mol. The van der Waals surface area contributed by atoms with Crippen LogP contribution in [0, 0.1) is 16.0 Å². The summed E-state index contributed by atoms with van der Waals surface area (Å²) in [5, 5.41) is 10.6. The summed E-state index contributed by atoms with van der Waals surface area (Å²) < 4.78 is 37.7. The number of nitrogens with two attached hydrogens (primary N) is 1. The van der Waals surface area contributed by atoms with Gasteiger partial charge in [0.2, 0.25) is 0 Å². The molecule has 1 aromatic rings. The lowest BCUT2D eigenvalue weighted by Crippen LogP contribution is -2.39. The fourth-order valence-electron chi connectivity index (χ4n) is 2.37. The van der Waals surface area contributed by atoms with Gasteiger partial charge in [-0.3, -0.25) is 10.1 Å². The molecule has 0 amide bonds. The molecule has 0 spiro atoms. The zero-order valence-corrected chi connectivity index (χ0v) is 10.6. The van der Waals surface area contributed by atoms with Gasteiger partial charge < -0.3 is 10.6 Å². The third kappa shape index (κ3) is 2.94. The van der Waals surface area contributed by atoms with Crippen molar-refractivity contribution in [2.75, 3.05) is 23.7 Å². The average Bonchev–Trinajstić information content (AvgIpc) is 2.37. The topological polar surface area (TPSA) is 72.4 Å². The van der Waals surface area contributed by atoms with Gasteiger partial charge in [0.05, 0.1) is 10.8 Å². The lowest BCUT2D eigenvalue weighted by atomic mass is 9.96. The summed E-state index contributed by atoms with van der Waals surface area (Å²) >= 11 is 0. The van der Waals surface area contributed by atoms with Crippen LogP contribution in [0.2, 0.25) is 0 Å². The minimum absolute atomic E-state index is 0.0189. The number of alkyl halides is 3. The zero-order chi connectivity index (χ0) is 14.9. The average molecular weight is 289 g/mol. The summed E-state index contributed by atoms with van der Waals surface area (Å²) in [6.45, 7) is 0.531. The molecule has 2 N–H and O–H groups in total. The van der Waals surface area contributed by atoms with Crippen molar-refractivity contribution in [2.24, 2.45) is 5.92 Å². The predicted octanol–water partition coefficient (Wildman–Crippen LogP) is 2.96. The Balaban J connectivity index is 2.08. The van der Waals surface area contributed by atoms with Crippen molar-refractivity contribution in [1.82, 2.24) is 0 Å². The molecule has 0 saturated carbocycles. The van der Waals surface area contributed by atoms with Crippen LogP contribution in [0.4, 0.5) is 30.2 Å². The molecule has 0 aromatic heterocycles. The Bertz CT molecular complexity index is 511. The highest BCUT2D eigenvalue weighted by molar-refractivity contribution is 5.66. The Kier molecular flexibility index (Phi) is 3.74. The molecule has 1 fully saturated rings. The number of hydrogen-bond acceptors (Lipinski definition) is 4. The van der Waals surface area contributed by atoms with E-state index in [9.17, 15) is 23.3 Å². The van der Waals surface area contributed by atoms with Crippen molar-refractivity contribution in [3.63, 3.8) is 0 Å². The number of nitro groups is 1. The van der Waals surface area contributed by atoms with Crippen LogP contribution in [-0.2, 0) is 0 Å². The van der Waals surface area contributed by atoms with Crippen molar-refractivity contribution in [3.05, 3.63) is 28.3 Å². The van der Waals surface area contributed by atoms with Crippen LogP contribution in [0.1, 0.15) is 12.8 Å². The van der Waals surface area contributed by atoms with Gasteiger partial charge in [-0.25, -0.2) is 0 Å². The van der Waals surface area contributed by atoms with E-state index in [-0.39, 0.29) is 37.3 Å². The second-order valence-corrected chi connectivity index (χ2v) is 4.80. The summed E-state index contributed by atoms with van der Waals surface area (Å²) in [5.41, 5.74) is 6.02. The minimum Gasteiger partial charge on any atom is -0.393 e. The maximum absolute atomic E-state index is 12.6. The first kappa shape index (κ1) is 14.4. The number of rotatable bonds is 2. The smallest absolute Gasteiger partial charge is 0.391 e. The van der Waals surface area contributed by atoms with Gasteiger partial charge in [-0.15, -0.1) is 0 Å². The van der Waals surface area contributed by atoms with Crippen LogP contribution in [0.5, 0.6) is 0 Å². The molecule has 0 radical (unpaired) electrons. The number of piperidine rings is 1. The van der Waals surface area contributed by atoms with Crippen molar-refractivity contribution in [1.29, 1.82) is 0 Å². The number of anilines is 2. The Labute approximate surface area is 113 Å². The SMILES string of the molecule is Nc1cc(N2CCC(C(F)(F)F)CC2)ccc1[N+](=O)[O-]. The summed E-state index contributed by atoms with van der Waals surface area (Å²) in [5.74, 6) is -1.27. The van der Waals surface area contributed by atoms with E-state index in [1.165, 1.54) is 18.2 Å². The molecule has 110 valence electrons. The van der Waals surface area contributed by atoms with Crippen LogP contribution in [-0.4, -0.2) is 24.2 Å². The van der Waals surface area contributed by atoms with Gasteiger partial charge >= 0.3 is 6.18 Å². The zero-order valence-electron chi connectivity index (χ0n) is 10.6. The Morgan fingerprint density at radius 3 is 2.35 bits per heavy atom. The summed E-state index contributed by atoms with van der Waals surface area (Å²) in [6.07, 6.45) is -4.10. The van der Waals surface area contributed by atoms with Gasteiger partial charge in [0.1, 0.15) is 5.69 Å². The lowest BCUT2D eigenvalue weighted by molar-refractivity contribution is -0.383. The number of hydrogen-bond donors (Lipinski definition) is 1. The van der Waals surface area contributed by atoms with Crippen molar-refractivity contribution >= 4 is 17.1 Å². The van der Waals surface area contributed by atoms with Crippen molar-refractivity contribution < 1.29 is 18.1 Å². The Morgan fingerprint density at radius 2 is 1.90 bits per heavy atom. The van der Waals surface area contributed by atoms with Gasteiger partial charge in [0, 0.05) is 24.8 Å². The summed E-state index contributed by atoms with van der Waals surface area (Å²) in [6, 6.07) is 4.23. The molecule has 1 aliphatic heterocycles. The van der Waals surface area contributed by atoms with Gasteiger partial charge in [0.15, 0.2) is 0 Å². The van der Waals surface area contributed by atoms with E-state index < -0.39 is 17.0 Å². The van der Waals surface area contributed by atoms with E-state index in [1.54, 1.807) is 4.90 Å². The molecule has 1 saturated heterocycles. The first-order valence-electron chi connectivity index (χ1n) is 6.14. The van der Waals surface area contributed by atoms with E-state index in [2.05, 4.69) is 0 Å². The molecular formula is C12H14F3N3O2. The van der Waals surface area contributed by atoms with E-state index >= 15 is 0 Å². The second-order valence-electron chi connectivity index (χ2n) is 4.80. The van der Waals surface area contributed by atoms with Gasteiger partial charge in [0.25, 0.3) is 5.69 Å². The third-order valence-corrected chi connectivity index (χ3v) is 3.53. The Hall–Kier alpha value is -1.99. The molecule has 20 heavy (non-hydrogen) atoms. The summed E-state index contributed by atoms with van der Waals surface area (Å²) in [4.78, 5) is 11.8. The minimum atomic E-state index is -4.15. The third-order valence-electron chi connectivity index (χ3n) is 3.53. The molecule has 0 bridgehead atoms. The van der Waals surface area contributed by atoms with E-state index in [0.717, 1.165) is 0 Å². The second kappa shape index (κ2) is 5.18. The molecule has 2 rings (SSSR count). The van der Waals surface area contributed by atoms with E-state index in [1.807, 2.05) is 0 Å². The van der Waals surface area contributed by atoms with Gasteiger partial charge in [-0.05, 0) is 25.0 Å². The molecule has 5 nitrogen and oxygen atoms in total. The normalized spacial score (nSPS) is 17.2. The van der Waals surface area contributed by atoms with Gasteiger partial charge in [-0.2, -0.15) is 13.2 Å². The quantitative estimate of drug-likeness (QED) is 0.516. The maximum atomic E-state index is 12.6. The number of nitro benzene ring substituents is 1. The highest BCUT2D eigenvalue weighted by Gasteiger charge is 2.41. The standard InChI is InChI=1S/C12H14F3N3O2/c13-12(14,15)8-3-5-17(6-4-8)9-1-2-11(18(19)20)10(16)7-9/h1-2,7-8H,3-6,16H2. The highest BCUT2D eigenvalue weighted by atomic mass is 19.4. The first-order valence-corrected chi connectivity index (χ1v) is 6.14. The number of nitrogen functional groups attached to an aromatic ring is 1. The molecule has 0 atom stereocenters. The van der Waals surface area contributed by atoms with E-state index in [4.69, 9.17) is 5.73 Å². The summed E-state index contributed by atoms with van der Waals surface area (Å²) in [7, 11) is 0. The van der Waals surface area contributed by atoms with Crippen LogP contribution in [0.15, 0.2) is 18.2 Å². The Morgan fingerprint density at radius 1 is 1.30 bits per heavy atom. The van der Waals surface area contributed by atoms with E-state index in [0.29, 0.717) is 5.69 Å². The largest absolute Gasteiger partial charge is 0.393 e. The molecule has 8 heteroatoms. The van der Waals surface area contributed by atoms with Crippen LogP contribution in [0.25, 0.3) is 0 Å². The monoisotopic (exact) mass is 289 g/mol. The van der Waals surface area contributed by atoms with Crippen molar-refractivity contribution in [3.8, 4) is 0 Å². The van der Waals surface area contributed by atoms with Crippen LogP contribution in [0.3, 0.4) is 0 Å².